The summed E-state index contributed by atoms with van der Waals surface area (Å²) in [6.07, 6.45) is 3.04. The summed E-state index contributed by atoms with van der Waals surface area (Å²) < 4.78 is 12.0. The number of carbonyl (C=O) groups excluding carboxylic acids is 1. The number of amides is 1. The van der Waals surface area contributed by atoms with Gasteiger partial charge < -0.3 is 14.8 Å². The first kappa shape index (κ1) is 20.3. The lowest BCUT2D eigenvalue weighted by Gasteiger charge is -2.14. The van der Waals surface area contributed by atoms with Crippen molar-refractivity contribution < 1.29 is 14.3 Å². The number of nitrogens with one attached hydrogen (secondary N) is 1. The van der Waals surface area contributed by atoms with Crippen molar-refractivity contribution in [3.05, 3.63) is 76.3 Å². The smallest absolute Gasteiger partial charge is 0.262 e. The van der Waals surface area contributed by atoms with Crippen molar-refractivity contribution in [2.24, 2.45) is 0 Å². The van der Waals surface area contributed by atoms with E-state index in [-0.39, 0.29) is 12.1 Å². The highest BCUT2D eigenvalue weighted by Gasteiger charge is 2.13. The number of hydrogen-bond acceptors (Lipinski definition) is 4. The topological polar surface area (TPSA) is 71.4 Å². The van der Waals surface area contributed by atoms with Crippen LogP contribution < -0.4 is 14.8 Å². The molecule has 0 heterocycles. The summed E-state index contributed by atoms with van der Waals surface area (Å²) >= 11 is 3.47. The van der Waals surface area contributed by atoms with E-state index in [4.69, 9.17) is 9.47 Å². The molecule has 1 amide bonds. The second-order valence-electron chi connectivity index (χ2n) is 5.48. The van der Waals surface area contributed by atoms with Gasteiger partial charge in [-0.2, -0.15) is 5.26 Å². The molecule has 0 aliphatic carbocycles. The van der Waals surface area contributed by atoms with Gasteiger partial charge in [0.05, 0.1) is 11.6 Å². The van der Waals surface area contributed by atoms with Crippen molar-refractivity contribution in [2.45, 2.75) is 6.61 Å². The van der Waals surface area contributed by atoms with Gasteiger partial charge in [-0.1, -0.05) is 36.4 Å². The van der Waals surface area contributed by atoms with Crippen molar-refractivity contribution in [2.75, 3.05) is 13.7 Å². The van der Waals surface area contributed by atoms with Crippen LogP contribution in [-0.2, 0) is 11.4 Å². The van der Waals surface area contributed by atoms with Crippen molar-refractivity contribution in [1.82, 2.24) is 5.32 Å². The minimum Gasteiger partial charge on any atom is -0.493 e. The molecule has 27 heavy (non-hydrogen) atoms. The maximum absolute atomic E-state index is 12.0. The molecular formula is C21H19BrN2O3. The molecule has 2 aromatic carbocycles. The quantitative estimate of drug-likeness (QED) is 0.389. The molecule has 0 aromatic heterocycles. The number of carbonyl (C=O) groups is 1. The molecular weight excluding hydrogens is 408 g/mol. The summed E-state index contributed by atoms with van der Waals surface area (Å²) in [6.45, 7) is 4.21. The molecule has 0 spiro atoms. The first-order valence-electron chi connectivity index (χ1n) is 8.14. The zero-order valence-electron chi connectivity index (χ0n) is 14.9. The van der Waals surface area contributed by atoms with E-state index in [1.165, 1.54) is 13.2 Å². The number of hydrogen-bond donors (Lipinski definition) is 1. The zero-order valence-corrected chi connectivity index (χ0v) is 16.5. The summed E-state index contributed by atoms with van der Waals surface area (Å²) in [6, 6.07) is 15.2. The fourth-order valence-corrected chi connectivity index (χ4v) is 2.84. The Labute approximate surface area is 167 Å². The van der Waals surface area contributed by atoms with Crippen molar-refractivity contribution in [3.8, 4) is 17.6 Å². The van der Waals surface area contributed by atoms with Gasteiger partial charge in [0.15, 0.2) is 11.5 Å². The molecule has 0 bridgehead atoms. The summed E-state index contributed by atoms with van der Waals surface area (Å²) in [5, 5.41) is 11.8. The molecule has 6 heteroatoms. The average Bonchev–Trinajstić information content (AvgIpc) is 2.69. The number of benzene rings is 2. The highest BCUT2D eigenvalue weighted by atomic mass is 79.9. The van der Waals surface area contributed by atoms with Gasteiger partial charge >= 0.3 is 0 Å². The summed E-state index contributed by atoms with van der Waals surface area (Å²) in [4.78, 5) is 12.0. The summed E-state index contributed by atoms with van der Waals surface area (Å²) in [5.41, 5.74) is 1.65. The average molecular weight is 427 g/mol. The van der Waals surface area contributed by atoms with E-state index in [1.807, 2.05) is 36.4 Å². The van der Waals surface area contributed by atoms with Gasteiger partial charge in [0.2, 0.25) is 0 Å². The molecule has 0 unspecified atom stereocenters. The van der Waals surface area contributed by atoms with Crippen LogP contribution >= 0.6 is 15.9 Å². The molecule has 0 aliphatic rings. The Morgan fingerprint density at radius 1 is 1.33 bits per heavy atom. The van der Waals surface area contributed by atoms with Crippen LogP contribution in [0, 0.1) is 11.3 Å². The molecule has 5 nitrogen and oxygen atoms in total. The van der Waals surface area contributed by atoms with Crippen molar-refractivity contribution >= 4 is 27.9 Å². The lowest BCUT2D eigenvalue weighted by Crippen LogP contribution is -2.24. The van der Waals surface area contributed by atoms with Gasteiger partial charge in [-0.05, 0) is 45.3 Å². The highest BCUT2D eigenvalue weighted by Crippen LogP contribution is 2.37. The molecule has 0 saturated heterocycles. The standard InChI is InChI=1S/C21H19BrN2O3/c1-3-9-24-21(25)17(13-23)10-16-11-18(22)20(19(12-16)26-2)27-14-15-7-5-4-6-8-15/h3-8,10-12H,1,9,14H2,2H3,(H,24,25)/b17-10-. The van der Waals surface area contributed by atoms with E-state index in [1.54, 1.807) is 18.2 Å². The van der Waals surface area contributed by atoms with E-state index in [0.29, 0.717) is 28.1 Å². The molecule has 138 valence electrons. The normalized spacial score (nSPS) is 10.6. The zero-order chi connectivity index (χ0) is 19.6. The van der Waals surface area contributed by atoms with Gasteiger partial charge in [-0.15, -0.1) is 6.58 Å². The van der Waals surface area contributed by atoms with Crippen molar-refractivity contribution in [3.63, 3.8) is 0 Å². The Morgan fingerprint density at radius 3 is 2.70 bits per heavy atom. The lowest BCUT2D eigenvalue weighted by molar-refractivity contribution is -0.116. The maximum atomic E-state index is 12.0. The van der Waals surface area contributed by atoms with Crippen LogP contribution in [0.15, 0.2) is 65.2 Å². The number of rotatable bonds is 8. The molecule has 1 N–H and O–H groups in total. The third-order valence-corrected chi connectivity index (χ3v) is 4.15. The largest absolute Gasteiger partial charge is 0.493 e. The van der Waals surface area contributed by atoms with Gasteiger partial charge in [-0.3, -0.25) is 4.79 Å². The van der Waals surface area contributed by atoms with E-state index in [9.17, 15) is 10.1 Å². The maximum Gasteiger partial charge on any atom is 0.262 e. The first-order chi connectivity index (χ1) is 13.1. The second kappa shape index (κ2) is 10.2. The summed E-state index contributed by atoms with van der Waals surface area (Å²) in [7, 11) is 1.53. The Kier molecular flexibility index (Phi) is 7.65. The molecule has 0 atom stereocenters. The Bertz CT molecular complexity index is 886. The van der Waals surface area contributed by atoms with Gasteiger partial charge in [0.1, 0.15) is 18.2 Å². The third-order valence-electron chi connectivity index (χ3n) is 3.56. The number of halogens is 1. The molecule has 0 saturated carbocycles. The van der Waals surface area contributed by atoms with E-state index >= 15 is 0 Å². The van der Waals surface area contributed by atoms with Crippen molar-refractivity contribution in [1.29, 1.82) is 5.26 Å². The number of ether oxygens (including phenoxy) is 2. The highest BCUT2D eigenvalue weighted by molar-refractivity contribution is 9.10. The van der Waals surface area contributed by atoms with Crippen LogP contribution in [0.25, 0.3) is 6.08 Å². The van der Waals surface area contributed by atoms with Crippen LogP contribution in [-0.4, -0.2) is 19.6 Å². The third kappa shape index (κ3) is 5.73. The summed E-state index contributed by atoms with van der Waals surface area (Å²) in [5.74, 6) is 0.584. The fourth-order valence-electron chi connectivity index (χ4n) is 2.27. The van der Waals surface area contributed by atoms with Gasteiger partial charge in [-0.25, -0.2) is 0 Å². The van der Waals surface area contributed by atoms with E-state index in [0.717, 1.165) is 5.56 Å². The number of nitrogens with zero attached hydrogens (tertiary/aromatic N) is 1. The predicted molar refractivity (Wildman–Crippen MR) is 108 cm³/mol. The lowest BCUT2D eigenvalue weighted by atomic mass is 10.1. The molecule has 2 aromatic rings. The second-order valence-corrected chi connectivity index (χ2v) is 6.33. The molecule has 0 aliphatic heterocycles. The Balaban J connectivity index is 2.26. The monoisotopic (exact) mass is 426 g/mol. The van der Waals surface area contributed by atoms with Gasteiger partial charge in [0, 0.05) is 6.54 Å². The molecule has 0 radical (unpaired) electrons. The van der Waals surface area contributed by atoms with Crippen LogP contribution in [0.2, 0.25) is 0 Å². The van der Waals surface area contributed by atoms with Gasteiger partial charge in [0.25, 0.3) is 5.91 Å². The SMILES string of the molecule is C=CCNC(=O)/C(C#N)=C\c1cc(Br)c(OCc2ccccc2)c(OC)c1. The van der Waals surface area contributed by atoms with Crippen LogP contribution in [0.3, 0.4) is 0 Å². The first-order valence-corrected chi connectivity index (χ1v) is 8.93. The van der Waals surface area contributed by atoms with Crippen LogP contribution in [0.5, 0.6) is 11.5 Å². The number of nitriles is 1. The molecule has 2 rings (SSSR count). The Morgan fingerprint density at radius 2 is 2.07 bits per heavy atom. The van der Waals surface area contributed by atoms with Crippen LogP contribution in [0.4, 0.5) is 0 Å². The minimum absolute atomic E-state index is 0.0104. The predicted octanol–water partition coefficient (Wildman–Crippen LogP) is 4.25. The van der Waals surface area contributed by atoms with E-state index in [2.05, 4.69) is 27.8 Å². The van der Waals surface area contributed by atoms with E-state index < -0.39 is 5.91 Å². The van der Waals surface area contributed by atoms with Crippen LogP contribution in [0.1, 0.15) is 11.1 Å². The number of methoxy groups -OCH3 is 1. The minimum atomic E-state index is -0.461. The Hall–Kier alpha value is -3.04. The molecule has 0 fully saturated rings. The fraction of sp³-hybridized carbons (Fsp3) is 0.143.